The van der Waals surface area contributed by atoms with E-state index in [1.165, 1.54) is 32.2 Å². The van der Waals surface area contributed by atoms with E-state index >= 15 is 0 Å². The molecule has 0 aromatic rings. The molecule has 0 saturated carbocycles. The molecule has 1 heterocycles. The van der Waals surface area contributed by atoms with Crippen molar-refractivity contribution < 1.29 is 0 Å². The highest BCUT2D eigenvalue weighted by Crippen LogP contribution is 2.19. The Hall–Kier alpha value is -0.590. The van der Waals surface area contributed by atoms with E-state index in [0.29, 0.717) is 12.5 Å². The smallest absolute Gasteiger partial charge is 0.0638 e. The first kappa shape index (κ1) is 12.5. The SMILES string of the molecule is CN(C)CCCN1CCCCC1CC#N. The Morgan fingerprint density at radius 2 is 2.20 bits per heavy atom. The van der Waals surface area contributed by atoms with E-state index in [-0.39, 0.29) is 0 Å². The highest BCUT2D eigenvalue weighted by molar-refractivity contribution is 4.85. The zero-order valence-electron chi connectivity index (χ0n) is 10.1. The first-order valence-corrected chi connectivity index (χ1v) is 5.99. The van der Waals surface area contributed by atoms with Gasteiger partial charge < -0.3 is 4.90 Å². The molecular weight excluding hydrogens is 186 g/mol. The number of nitrogens with zero attached hydrogens (tertiary/aromatic N) is 3. The highest BCUT2D eigenvalue weighted by atomic mass is 15.2. The summed E-state index contributed by atoms with van der Waals surface area (Å²) in [6.07, 6.45) is 5.76. The molecule has 0 aromatic carbocycles. The van der Waals surface area contributed by atoms with Crippen LogP contribution in [0.4, 0.5) is 0 Å². The van der Waals surface area contributed by atoms with Crippen molar-refractivity contribution >= 4 is 0 Å². The molecule has 0 N–H and O–H groups in total. The number of hydrogen-bond donors (Lipinski definition) is 0. The van der Waals surface area contributed by atoms with Gasteiger partial charge in [0.2, 0.25) is 0 Å². The number of likely N-dealkylation sites (tertiary alicyclic amines) is 1. The van der Waals surface area contributed by atoms with Crippen LogP contribution in [-0.2, 0) is 0 Å². The molecule has 0 spiro atoms. The molecule has 1 unspecified atom stereocenters. The Balaban J connectivity index is 2.26. The Kier molecular flexibility index (Phi) is 5.67. The number of piperidine rings is 1. The zero-order valence-corrected chi connectivity index (χ0v) is 10.1. The van der Waals surface area contributed by atoms with E-state index in [1.54, 1.807) is 0 Å². The normalized spacial score (nSPS) is 22.9. The summed E-state index contributed by atoms with van der Waals surface area (Å²) in [6, 6.07) is 2.85. The largest absolute Gasteiger partial charge is 0.309 e. The van der Waals surface area contributed by atoms with E-state index in [2.05, 4.69) is 30.0 Å². The molecule has 0 radical (unpaired) electrons. The third kappa shape index (κ3) is 4.63. The number of rotatable bonds is 5. The zero-order chi connectivity index (χ0) is 11.1. The van der Waals surface area contributed by atoms with Crippen LogP contribution in [0.25, 0.3) is 0 Å². The van der Waals surface area contributed by atoms with Gasteiger partial charge in [-0.05, 0) is 53.0 Å². The fraction of sp³-hybridized carbons (Fsp3) is 0.917. The van der Waals surface area contributed by atoms with Crippen molar-refractivity contribution in [1.82, 2.24) is 9.80 Å². The molecule has 15 heavy (non-hydrogen) atoms. The maximum Gasteiger partial charge on any atom is 0.0638 e. The van der Waals surface area contributed by atoms with Gasteiger partial charge in [-0.1, -0.05) is 6.42 Å². The number of hydrogen-bond acceptors (Lipinski definition) is 3. The lowest BCUT2D eigenvalue weighted by Crippen LogP contribution is -2.40. The van der Waals surface area contributed by atoms with Crippen molar-refractivity contribution in [2.75, 3.05) is 33.7 Å². The fourth-order valence-corrected chi connectivity index (χ4v) is 2.28. The summed E-state index contributed by atoms with van der Waals surface area (Å²) in [7, 11) is 4.23. The second-order valence-corrected chi connectivity index (χ2v) is 4.70. The third-order valence-corrected chi connectivity index (χ3v) is 3.13. The van der Waals surface area contributed by atoms with Gasteiger partial charge >= 0.3 is 0 Å². The van der Waals surface area contributed by atoms with E-state index < -0.39 is 0 Å². The van der Waals surface area contributed by atoms with Crippen LogP contribution in [0.5, 0.6) is 0 Å². The predicted molar refractivity (Wildman–Crippen MR) is 62.6 cm³/mol. The third-order valence-electron chi connectivity index (χ3n) is 3.13. The maximum atomic E-state index is 8.77. The summed E-state index contributed by atoms with van der Waals surface area (Å²) in [6.45, 7) is 3.50. The summed E-state index contributed by atoms with van der Waals surface area (Å²) in [5, 5.41) is 8.77. The summed E-state index contributed by atoms with van der Waals surface area (Å²) < 4.78 is 0. The van der Waals surface area contributed by atoms with Gasteiger partial charge in [-0.25, -0.2) is 0 Å². The molecule has 1 atom stereocenters. The lowest BCUT2D eigenvalue weighted by molar-refractivity contribution is 0.144. The fourth-order valence-electron chi connectivity index (χ4n) is 2.28. The molecule has 3 nitrogen and oxygen atoms in total. The summed E-state index contributed by atoms with van der Waals surface area (Å²) in [4.78, 5) is 4.74. The molecule has 0 aromatic heterocycles. The van der Waals surface area contributed by atoms with Gasteiger partial charge in [0.15, 0.2) is 0 Å². The van der Waals surface area contributed by atoms with Crippen LogP contribution in [0.15, 0.2) is 0 Å². The molecule has 86 valence electrons. The first-order valence-electron chi connectivity index (χ1n) is 5.99. The minimum absolute atomic E-state index is 0.533. The van der Waals surface area contributed by atoms with Crippen LogP contribution >= 0.6 is 0 Å². The molecule has 1 fully saturated rings. The minimum atomic E-state index is 0.533. The van der Waals surface area contributed by atoms with Crippen LogP contribution in [0.3, 0.4) is 0 Å². The van der Waals surface area contributed by atoms with Gasteiger partial charge in [0.25, 0.3) is 0 Å². The molecule has 0 aliphatic carbocycles. The highest BCUT2D eigenvalue weighted by Gasteiger charge is 2.21. The van der Waals surface area contributed by atoms with E-state index in [9.17, 15) is 0 Å². The lowest BCUT2D eigenvalue weighted by atomic mass is 10.00. The van der Waals surface area contributed by atoms with E-state index in [1.807, 2.05) is 0 Å². The Morgan fingerprint density at radius 1 is 1.40 bits per heavy atom. The average molecular weight is 209 g/mol. The minimum Gasteiger partial charge on any atom is -0.309 e. The Bertz CT molecular complexity index is 207. The van der Waals surface area contributed by atoms with Gasteiger partial charge in [-0.15, -0.1) is 0 Å². The van der Waals surface area contributed by atoms with Gasteiger partial charge in [0.05, 0.1) is 12.5 Å². The Labute approximate surface area is 93.7 Å². The van der Waals surface area contributed by atoms with Gasteiger partial charge in [0, 0.05) is 6.04 Å². The molecule has 1 saturated heterocycles. The molecule has 3 heteroatoms. The standard InChI is InChI=1S/C12H23N3/c1-14(2)9-5-11-15-10-4-3-6-12(15)7-8-13/h12H,3-7,9-11H2,1-2H3. The second kappa shape index (κ2) is 6.81. The lowest BCUT2D eigenvalue weighted by Gasteiger charge is -2.34. The molecule has 1 aliphatic heterocycles. The van der Waals surface area contributed by atoms with E-state index in [4.69, 9.17) is 5.26 Å². The van der Waals surface area contributed by atoms with Gasteiger partial charge in [-0.3, -0.25) is 4.90 Å². The topological polar surface area (TPSA) is 30.3 Å². The average Bonchev–Trinajstić information content (AvgIpc) is 2.20. The molecule has 1 aliphatic rings. The molecule has 0 bridgehead atoms. The molecule has 0 amide bonds. The van der Waals surface area contributed by atoms with Crippen LogP contribution in [0, 0.1) is 11.3 Å². The van der Waals surface area contributed by atoms with Crippen molar-refractivity contribution in [1.29, 1.82) is 5.26 Å². The van der Waals surface area contributed by atoms with Crippen LogP contribution in [0.2, 0.25) is 0 Å². The summed E-state index contributed by atoms with van der Waals surface area (Å²) in [5.41, 5.74) is 0. The molecule has 1 rings (SSSR count). The predicted octanol–water partition coefficient (Wildman–Crippen LogP) is 1.71. The first-order chi connectivity index (χ1) is 7.24. The van der Waals surface area contributed by atoms with Crippen LogP contribution < -0.4 is 0 Å². The van der Waals surface area contributed by atoms with Crippen LogP contribution in [-0.4, -0.2) is 49.6 Å². The second-order valence-electron chi connectivity index (χ2n) is 4.70. The van der Waals surface area contributed by atoms with Crippen molar-refractivity contribution in [3.63, 3.8) is 0 Å². The Morgan fingerprint density at radius 3 is 2.87 bits per heavy atom. The van der Waals surface area contributed by atoms with Crippen molar-refractivity contribution in [2.24, 2.45) is 0 Å². The van der Waals surface area contributed by atoms with Crippen molar-refractivity contribution in [3.8, 4) is 6.07 Å². The quantitative estimate of drug-likeness (QED) is 0.690. The summed E-state index contributed by atoms with van der Waals surface area (Å²) in [5.74, 6) is 0. The van der Waals surface area contributed by atoms with Crippen molar-refractivity contribution in [2.45, 2.75) is 38.1 Å². The van der Waals surface area contributed by atoms with E-state index in [0.717, 1.165) is 13.1 Å². The maximum absolute atomic E-state index is 8.77. The van der Waals surface area contributed by atoms with Crippen LogP contribution in [0.1, 0.15) is 32.1 Å². The van der Waals surface area contributed by atoms with Crippen molar-refractivity contribution in [3.05, 3.63) is 0 Å². The summed E-state index contributed by atoms with van der Waals surface area (Å²) >= 11 is 0. The van der Waals surface area contributed by atoms with Gasteiger partial charge in [0.1, 0.15) is 0 Å². The van der Waals surface area contributed by atoms with Gasteiger partial charge in [-0.2, -0.15) is 5.26 Å². The molecular formula is C12H23N3. The monoisotopic (exact) mass is 209 g/mol. The number of nitriles is 1.